The maximum absolute atomic E-state index is 12.3. The summed E-state index contributed by atoms with van der Waals surface area (Å²) in [4.78, 5) is 37.3. The van der Waals surface area contributed by atoms with E-state index < -0.39 is 17.4 Å². The Morgan fingerprint density at radius 2 is 1.76 bits per heavy atom. The molecule has 0 aromatic heterocycles. The third-order valence-electron chi connectivity index (χ3n) is 4.12. The summed E-state index contributed by atoms with van der Waals surface area (Å²) >= 11 is 0. The van der Waals surface area contributed by atoms with E-state index in [-0.39, 0.29) is 11.8 Å². The number of carbonyl (C=O) groups excluding carboxylic acids is 2. The minimum atomic E-state index is -1.28. The van der Waals surface area contributed by atoms with Crippen LogP contribution >= 0.6 is 0 Å². The van der Waals surface area contributed by atoms with Crippen molar-refractivity contribution in [2.24, 2.45) is 5.92 Å². The van der Waals surface area contributed by atoms with Gasteiger partial charge in [-0.05, 0) is 31.0 Å². The number of carbonyl (C=O) groups is 3. The van der Waals surface area contributed by atoms with Gasteiger partial charge in [-0.15, -0.1) is 0 Å². The van der Waals surface area contributed by atoms with Gasteiger partial charge in [0, 0.05) is 25.1 Å². The highest BCUT2D eigenvalue weighted by atomic mass is 16.4. The fourth-order valence-electron chi connectivity index (χ4n) is 2.60. The predicted molar refractivity (Wildman–Crippen MR) is 96.2 cm³/mol. The Morgan fingerprint density at radius 3 is 2.20 bits per heavy atom. The number of rotatable bonds is 8. The molecule has 0 aliphatic heterocycles. The van der Waals surface area contributed by atoms with Crippen LogP contribution in [0.4, 0.5) is 0 Å². The molecule has 0 fully saturated rings. The SMILES string of the molecule is CCCC(C)(NC(=O)c1ccc(CN(C)C(=O)C(C)C)cc1)C(=O)O. The van der Waals surface area contributed by atoms with E-state index in [1.165, 1.54) is 6.92 Å². The van der Waals surface area contributed by atoms with Crippen LogP contribution in [0.5, 0.6) is 0 Å². The number of nitrogens with one attached hydrogen (secondary N) is 1. The van der Waals surface area contributed by atoms with Crippen LogP contribution in [-0.2, 0) is 16.1 Å². The van der Waals surface area contributed by atoms with Crippen LogP contribution < -0.4 is 5.32 Å². The van der Waals surface area contributed by atoms with Gasteiger partial charge < -0.3 is 15.3 Å². The van der Waals surface area contributed by atoms with Crippen molar-refractivity contribution in [3.63, 3.8) is 0 Å². The van der Waals surface area contributed by atoms with Crippen LogP contribution in [0.2, 0.25) is 0 Å². The van der Waals surface area contributed by atoms with Crippen LogP contribution in [0.25, 0.3) is 0 Å². The molecular formula is C19H28N2O4. The number of carboxylic acids is 1. The van der Waals surface area contributed by atoms with Crippen LogP contribution in [0.1, 0.15) is 56.5 Å². The molecule has 6 nitrogen and oxygen atoms in total. The van der Waals surface area contributed by atoms with Gasteiger partial charge >= 0.3 is 5.97 Å². The molecule has 1 rings (SSSR count). The van der Waals surface area contributed by atoms with Crippen molar-refractivity contribution >= 4 is 17.8 Å². The highest BCUT2D eigenvalue weighted by Gasteiger charge is 2.34. The minimum Gasteiger partial charge on any atom is -0.480 e. The standard InChI is InChI=1S/C19H28N2O4/c1-6-11-19(4,18(24)25)20-16(22)15-9-7-14(8-10-15)12-21(5)17(23)13(2)3/h7-10,13H,6,11-12H2,1-5H3,(H,20,22)(H,24,25). The lowest BCUT2D eigenvalue weighted by atomic mass is 9.95. The highest BCUT2D eigenvalue weighted by Crippen LogP contribution is 2.15. The Balaban J connectivity index is 2.80. The van der Waals surface area contributed by atoms with E-state index in [1.807, 2.05) is 20.8 Å². The van der Waals surface area contributed by atoms with Crippen molar-refractivity contribution < 1.29 is 19.5 Å². The Bertz CT molecular complexity index is 625. The first-order valence-electron chi connectivity index (χ1n) is 8.50. The van der Waals surface area contributed by atoms with Crippen molar-refractivity contribution in [1.29, 1.82) is 0 Å². The number of carboxylic acid groups (broad SMARTS) is 1. The van der Waals surface area contributed by atoms with E-state index in [9.17, 15) is 19.5 Å². The molecule has 1 aromatic carbocycles. The Morgan fingerprint density at radius 1 is 1.20 bits per heavy atom. The zero-order valence-electron chi connectivity index (χ0n) is 15.6. The van der Waals surface area contributed by atoms with Crippen molar-refractivity contribution in [1.82, 2.24) is 10.2 Å². The highest BCUT2D eigenvalue weighted by molar-refractivity contribution is 5.97. The smallest absolute Gasteiger partial charge is 0.329 e. The average Bonchev–Trinajstić information content (AvgIpc) is 2.54. The lowest BCUT2D eigenvalue weighted by Crippen LogP contribution is -2.52. The third-order valence-corrected chi connectivity index (χ3v) is 4.12. The fraction of sp³-hybridized carbons (Fsp3) is 0.526. The van der Waals surface area contributed by atoms with Gasteiger partial charge in [0.1, 0.15) is 5.54 Å². The van der Waals surface area contributed by atoms with E-state index in [0.29, 0.717) is 24.9 Å². The second kappa shape index (κ2) is 8.65. The van der Waals surface area contributed by atoms with Crippen LogP contribution in [0.3, 0.4) is 0 Å². The molecule has 2 amide bonds. The molecular weight excluding hydrogens is 320 g/mol. The first kappa shape index (κ1) is 20.7. The monoisotopic (exact) mass is 348 g/mol. The van der Waals surface area contributed by atoms with Crippen LogP contribution in [-0.4, -0.2) is 40.4 Å². The molecule has 138 valence electrons. The molecule has 0 saturated carbocycles. The second-order valence-corrected chi connectivity index (χ2v) is 6.89. The third kappa shape index (κ3) is 5.59. The molecule has 0 radical (unpaired) electrons. The van der Waals surface area contributed by atoms with Gasteiger partial charge in [0.25, 0.3) is 5.91 Å². The summed E-state index contributed by atoms with van der Waals surface area (Å²) in [5, 5.41) is 11.9. The summed E-state index contributed by atoms with van der Waals surface area (Å²) in [6.07, 6.45) is 1.01. The lowest BCUT2D eigenvalue weighted by molar-refractivity contribution is -0.144. The number of nitrogens with zero attached hydrogens (tertiary/aromatic N) is 1. The minimum absolute atomic E-state index is 0.0543. The van der Waals surface area contributed by atoms with Gasteiger partial charge in [-0.3, -0.25) is 9.59 Å². The van der Waals surface area contributed by atoms with Gasteiger partial charge in [-0.1, -0.05) is 39.3 Å². The molecule has 2 N–H and O–H groups in total. The number of hydrogen-bond donors (Lipinski definition) is 2. The number of amides is 2. The van der Waals surface area contributed by atoms with E-state index in [1.54, 1.807) is 36.2 Å². The van der Waals surface area contributed by atoms with Crippen molar-refractivity contribution in [3.05, 3.63) is 35.4 Å². The zero-order valence-corrected chi connectivity index (χ0v) is 15.6. The van der Waals surface area contributed by atoms with E-state index >= 15 is 0 Å². The van der Waals surface area contributed by atoms with Gasteiger partial charge in [-0.2, -0.15) is 0 Å². The molecule has 0 aliphatic rings. The Labute approximate surface area is 149 Å². The molecule has 1 unspecified atom stereocenters. The summed E-state index contributed by atoms with van der Waals surface area (Å²) in [6.45, 7) is 7.54. The summed E-state index contributed by atoms with van der Waals surface area (Å²) in [7, 11) is 1.74. The average molecular weight is 348 g/mol. The quantitative estimate of drug-likeness (QED) is 0.756. The molecule has 0 bridgehead atoms. The van der Waals surface area contributed by atoms with E-state index in [0.717, 1.165) is 5.56 Å². The van der Waals surface area contributed by atoms with E-state index in [4.69, 9.17) is 0 Å². The van der Waals surface area contributed by atoms with Gasteiger partial charge in [-0.25, -0.2) is 4.79 Å². The van der Waals surface area contributed by atoms with Gasteiger partial charge in [0.05, 0.1) is 0 Å². The largest absolute Gasteiger partial charge is 0.480 e. The first-order valence-corrected chi connectivity index (χ1v) is 8.50. The summed E-state index contributed by atoms with van der Waals surface area (Å²) in [5.74, 6) is -1.48. The molecule has 6 heteroatoms. The van der Waals surface area contributed by atoms with Gasteiger partial charge in [0.15, 0.2) is 0 Å². The predicted octanol–water partition coefficient (Wildman–Crippen LogP) is 2.67. The lowest BCUT2D eigenvalue weighted by Gasteiger charge is -2.25. The molecule has 0 spiro atoms. The van der Waals surface area contributed by atoms with Crippen molar-refractivity contribution in [2.45, 2.75) is 52.6 Å². The topological polar surface area (TPSA) is 86.7 Å². The molecule has 0 heterocycles. The zero-order chi connectivity index (χ0) is 19.2. The van der Waals surface area contributed by atoms with Crippen molar-refractivity contribution in [2.75, 3.05) is 7.05 Å². The normalized spacial score (nSPS) is 13.2. The summed E-state index contributed by atoms with van der Waals surface area (Å²) in [6, 6.07) is 6.84. The number of benzene rings is 1. The summed E-state index contributed by atoms with van der Waals surface area (Å²) in [5.41, 5.74) is 0.0155. The Hall–Kier alpha value is -2.37. The first-order chi connectivity index (χ1) is 11.6. The fourth-order valence-corrected chi connectivity index (χ4v) is 2.60. The molecule has 1 aromatic rings. The van der Waals surface area contributed by atoms with Gasteiger partial charge in [0.2, 0.25) is 5.91 Å². The number of hydrogen-bond acceptors (Lipinski definition) is 3. The molecule has 1 atom stereocenters. The molecule has 0 saturated heterocycles. The maximum Gasteiger partial charge on any atom is 0.329 e. The van der Waals surface area contributed by atoms with Crippen LogP contribution in [0.15, 0.2) is 24.3 Å². The molecule has 25 heavy (non-hydrogen) atoms. The Kier molecular flexibility index (Phi) is 7.15. The maximum atomic E-state index is 12.3. The van der Waals surface area contributed by atoms with E-state index in [2.05, 4.69) is 5.32 Å². The summed E-state index contributed by atoms with van der Waals surface area (Å²) < 4.78 is 0. The van der Waals surface area contributed by atoms with Crippen LogP contribution in [0, 0.1) is 5.92 Å². The number of aliphatic carboxylic acids is 1. The second-order valence-electron chi connectivity index (χ2n) is 6.89. The van der Waals surface area contributed by atoms with Crippen molar-refractivity contribution in [3.8, 4) is 0 Å². The molecule has 0 aliphatic carbocycles.